The summed E-state index contributed by atoms with van der Waals surface area (Å²) in [7, 11) is 0. The summed E-state index contributed by atoms with van der Waals surface area (Å²) in [6.45, 7) is 2.15. The summed E-state index contributed by atoms with van der Waals surface area (Å²) in [5, 5.41) is 7.92. The molecular formula is C25H28N8OS2. The van der Waals surface area contributed by atoms with Crippen molar-refractivity contribution in [2.24, 2.45) is 5.92 Å². The number of rotatable bonds is 7. The molecule has 1 aliphatic carbocycles. The minimum atomic E-state index is 0.0524. The molecule has 36 heavy (non-hydrogen) atoms. The number of imidazole rings is 1. The summed E-state index contributed by atoms with van der Waals surface area (Å²) in [5.41, 5.74) is 3.73. The van der Waals surface area contributed by atoms with Crippen molar-refractivity contribution in [1.29, 1.82) is 0 Å². The highest BCUT2D eigenvalue weighted by Gasteiger charge is 2.26. The number of fused-ring (bicyclic) bond motifs is 2. The monoisotopic (exact) mass is 520 g/mol. The molecule has 6 rings (SSSR count). The van der Waals surface area contributed by atoms with Gasteiger partial charge in [0, 0.05) is 48.4 Å². The lowest BCUT2D eigenvalue weighted by molar-refractivity contribution is 0.0732. The van der Waals surface area contributed by atoms with Gasteiger partial charge in [0.1, 0.15) is 0 Å². The molecule has 1 aliphatic heterocycles. The zero-order valence-corrected chi connectivity index (χ0v) is 21.7. The second kappa shape index (κ2) is 10.1. The number of aromatic nitrogens is 5. The molecule has 0 bridgehead atoms. The van der Waals surface area contributed by atoms with E-state index in [1.807, 2.05) is 41.7 Å². The van der Waals surface area contributed by atoms with Gasteiger partial charge in [-0.1, -0.05) is 11.3 Å². The van der Waals surface area contributed by atoms with Crippen LogP contribution in [-0.2, 0) is 13.0 Å². The van der Waals surface area contributed by atoms with Gasteiger partial charge in [0.15, 0.2) is 5.13 Å². The van der Waals surface area contributed by atoms with Crippen LogP contribution < -0.4 is 10.6 Å². The van der Waals surface area contributed by atoms with Crippen LogP contribution in [0.15, 0.2) is 41.8 Å². The molecule has 3 aromatic heterocycles. The Morgan fingerprint density at radius 1 is 1.25 bits per heavy atom. The van der Waals surface area contributed by atoms with E-state index in [4.69, 9.17) is 4.98 Å². The van der Waals surface area contributed by atoms with Crippen LogP contribution in [0.4, 0.5) is 11.1 Å². The molecule has 0 radical (unpaired) electrons. The number of nitrogens with one attached hydrogen (secondary N) is 3. The van der Waals surface area contributed by atoms with Crippen LogP contribution in [0.1, 0.15) is 41.0 Å². The predicted octanol–water partition coefficient (Wildman–Crippen LogP) is 4.42. The van der Waals surface area contributed by atoms with E-state index in [1.165, 1.54) is 0 Å². The fourth-order valence-corrected chi connectivity index (χ4v) is 6.23. The molecular weight excluding hydrogens is 492 g/mol. The van der Waals surface area contributed by atoms with Gasteiger partial charge in [-0.25, -0.2) is 19.9 Å². The highest BCUT2D eigenvalue weighted by atomic mass is 32.2. The second-order valence-electron chi connectivity index (χ2n) is 9.35. The van der Waals surface area contributed by atoms with Crippen LogP contribution in [-0.4, -0.2) is 61.1 Å². The number of anilines is 2. The maximum atomic E-state index is 13.1. The van der Waals surface area contributed by atoms with Gasteiger partial charge in [0.2, 0.25) is 5.95 Å². The van der Waals surface area contributed by atoms with E-state index in [0.29, 0.717) is 36.6 Å². The molecule has 0 unspecified atom stereocenters. The molecule has 1 fully saturated rings. The topological polar surface area (TPSA) is 112 Å². The zero-order valence-electron chi connectivity index (χ0n) is 20.0. The summed E-state index contributed by atoms with van der Waals surface area (Å²) < 4.78 is 1.03. The van der Waals surface area contributed by atoms with Crippen LogP contribution in [0.25, 0.3) is 10.2 Å². The number of amides is 1. The number of hydrogen-bond acceptors (Lipinski definition) is 9. The smallest absolute Gasteiger partial charge is 0.254 e. The van der Waals surface area contributed by atoms with Crippen molar-refractivity contribution in [2.75, 3.05) is 30.0 Å². The number of nitrogens with zero attached hydrogens (tertiary/aromatic N) is 5. The minimum absolute atomic E-state index is 0.0524. The fraction of sp³-hybridized carbons (Fsp3) is 0.400. The van der Waals surface area contributed by atoms with Gasteiger partial charge in [-0.3, -0.25) is 4.79 Å². The highest BCUT2D eigenvalue weighted by Crippen LogP contribution is 2.31. The Hall–Kier alpha value is -3.18. The highest BCUT2D eigenvalue weighted by molar-refractivity contribution is 7.98. The quantitative estimate of drug-likeness (QED) is 0.307. The number of hydrogen-bond donors (Lipinski definition) is 3. The lowest BCUT2D eigenvalue weighted by atomic mass is 10.1. The average molecular weight is 521 g/mol. The van der Waals surface area contributed by atoms with Gasteiger partial charge in [-0.15, -0.1) is 11.8 Å². The van der Waals surface area contributed by atoms with Crippen LogP contribution in [0.5, 0.6) is 0 Å². The number of thioether (sulfide) groups is 1. The van der Waals surface area contributed by atoms with Crippen molar-refractivity contribution in [3.63, 3.8) is 0 Å². The largest absolute Gasteiger partial charge is 0.361 e. The van der Waals surface area contributed by atoms with E-state index < -0.39 is 0 Å². The molecule has 4 heterocycles. The molecule has 2 aliphatic rings. The number of benzene rings is 1. The van der Waals surface area contributed by atoms with Crippen molar-refractivity contribution < 1.29 is 4.79 Å². The lowest BCUT2D eigenvalue weighted by Crippen LogP contribution is -2.36. The third-order valence-electron chi connectivity index (χ3n) is 6.98. The number of carbonyl (C=O) groups excluding carboxylic acids is 1. The number of aromatic amines is 1. The van der Waals surface area contributed by atoms with Gasteiger partial charge in [0.25, 0.3) is 5.91 Å². The van der Waals surface area contributed by atoms with Crippen LogP contribution in [0, 0.1) is 5.92 Å². The summed E-state index contributed by atoms with van der Waals surface area (Å²) in [6.07, 6.45) is 11.6. The van der Waals surface area contributed by atoms with E-state index in [-0.39, 0.29) is 5.91 Å². The number of H-pyrrole nitrogens is 1. The van der Waals surface area contributed by atoms with Crippen LogP contribution in [0.2, 0.25) is 0 Å². The molecule has 9 nitrogen and oxygen atoms in total. The van der Waals surface area contributed by atoms with E-state index in [1.54, 1.807) is 29.4 Å². The van der Waals surface area contributed by atoms with E-state index >= 15 is 0 Å². The van der Waals surface area contributed by atoms with E-state index in [0.717, 1.165) is 63.9 Å². The first-order valence-corrected chi connectivity index (χ1v) is 14.3. The first-order chi connectivity index (χ1) is 17.6. The van der Waals surface area contributed by atoms with Gasteiger partial charge in [0.05, 0.1) is 34.5 Å². The molecule has 2 atom stereocenters. The molecule has 3 N–H and O–H groups in total. The lowest BCUT2D eigenvalue weighted by Gasteiger charge is -2.26. The summed E-state index contributed by atoms with van der Waals surface area (Å²) in [5.74, 6) is 1.33. The Morgan fingerprint density at radius 3 is 3.00 bits per heavy atom. The Morgan fingerprint density at radius 2 is 2.14 bits per heavy atom. The van der Waals surface area contributed by atoms with Crippen LogP contribution >= 0.6 is 23.1 Å². The third-order valence-corrected chi connectivity index (χ3v) is 8.64. The molecule has 11 heteroatoms. The first kappa shape index (κ1) is 23.2. The van der Waals surface area contributed by atoms with Crippen molar-refractivity contribution in [3.8, 4) is 0 Å². The zero-order chi connectivity index (χ0) is 24.5. The fourth-order valence-electron chi connectivity index (χ4n) is 5.00. The van der Waals surface area contributed by atoms with Crippen molar-refractivity contribution >= 4 is 50.3 Å². The second-order valence-corrected chi connectivity index (χ2v) is 11.3. The van der Waals surface area contributed by atoms with Gasteiger partial charge in [-0.2, -0.15) is 0 Å². The molecule has 186 valence electrons. The third kappa shape index (κ3) is 4.90. The number of carbonyl (C=O) groups is 1. The molecule has 1 amide bonds. The SMILES string of the molecule is CSc1cnc(N[C@H]2CC[C@H](CNc3nc4ccc(C(=O)N5CCc6nc[nH]c6C5)cc4s3)C2)nc1. The Kier molecular flexibility index (Phi) is 6.49. The molecule has 4 aromatic rings. The molecule has 1 saturated carbocycles. The Balaban J connectivity index is 1.04. The molecule has 0 saturated heterocycles. The maximum absolute atomic E-state index is 13.1. The van der Waals surface area contributed by atoms with Crippen molar-refractivity contribution in [3.05, 3.63) is 53.9 Å². The maximum Gasteiger partial charge on any atom is 0.254 e. The average Bonchev–Trinajstić information content (AvgIpc) is 3.66. The van der Waals surface area contributed by atoms with E-state index in [9.17, 15) is 4.79 Å². The first-order valence-electron chi connectivity index (χ1n) is 12.2. The van der Waals surface area contributed by atoms with Crippen molar-refractivity contribution in [1.82, 2.24) is 29.8 Å². The van der Waals surface area contributed by atoms with Crippen molar-refractivity contribution in [2.45, 2.75) is 43.2 Å². The summed E-state index contributed by atoms with van der Waals surface area (Å²) in [6, 6.07) is 6.21. The van der Waals surface area contributed by atoms with Gasteiger partial charge < -0.3 is 20.5 Å². The van der Waals surface area contributed by atoms with Gasteiger partial charge >= 0.3 is 0 Å². The normalized spacial score (nSPS) is 19.4. The van der Waals surface area contributed by atoms with Crippen LogP contribution in [0.3, 0.4) is 0 Å². The Bertz CT molecular complexity index is 1370. The van der Waals surface area contributed by atoms with Gasteiger partial charge in [-0.05, 0) is 49.6 Å². The summed E-state index contributed by atoms with van der Waals surface area (Å²) >= 11 is 3.25. The molecule has 0 spiro atoms. The summed E-state index contributed by atoms with van der Waals surface area (Å²) in [4.78, 5) is 37.1. The predicted molar refractivity (Wildman–Crippen MR) is 144 cm³/mol. The number of thiazole rings is 1. The van der Waals surface area contributed by atoms with E-state index in [2.05, 4.69) is 30.6 Å². The minimum Gasteiger partial charge on any atom is -0.361 e. The standard InChI is InChI=1S/C25H28N8OS2/c1-35-18-11-26-24(27-12-18)31-17-4-2-15(8-17)10-28-25-32-20-5-3-16(9-22(20)36-25)23(34)33-7-6-19-21(13-33)30-14-29-19/h3,5,9,11-12,14-15,17H,2,4,6-8,10,13H2,1H3,(H,28,32)(H,29,30)(H,26,27,31)/t15-,17-/m0/s1. The molecule has 1 aromatic carbocycles. The Labute approximate surface area is 217 Å².